The zero-order valence-corrected chi connectivity index (χ0v) is 11.0. The summed E-state index contributed by atoms with van der Waals surface area (Å²) in [4.78, 5) is 18.9. The van der Waals surface area contributed by atoms with Gasteiger partial charge in [0.05, 0.1) is 11.4 Å². The van der Waals surface area contributed by atoms with Crippen molar-refractivity contribution < 1.29 is 9.00 Å². The first-order valence-corrected chi connectivity index (χ1v) is 7.60. The number of amides is 2. The van der Waals surface area contributed by atoms with E-state index in [2.05, 4.69) is 20.0 Å². The van der Waals surface area contributed by atoms with Gasteiger partial charge in [-0.1, -0.05) is 11.9 Å². The summed E-state index contributed by atoms with van der Waals surface area (Å²) in [5, 5.41) is 2.60. The lowest BCUT2D eigenvalue weighted by atomic mass is 10.5. The van der Waals surface area contributed by atoms with Crippen molar-refractivity contribution in [1.82, 2.24) is 20.0 Å². The molecule has 0 aliphatic carbocycles. The van der Waals surface area contributed by atoms with Gasteiger partial charge in [0.1, 0.15) is 0 Å². The van der Waals surface area contributed by atoms with Gasteiger partial charge in [0, 0.05) is 47.9 Å². The van der Waals surface area contributed by atoms with E-state index in [4.69, 9.17) is 0 Å². The van der Waals surface area contributed by atoms with Crippen LogP contribution in [0.5, 0.6) is 0 Å². The molecule has 1 aromatic rings. The van der Waals surface area contributed by atoms with Crippen molar-refractivity contribution in [3.05, 3.63) is 24.3 Å². The third-order valence-electron chi connectivity index (χ3n) is 1.74. The van der Waals surface area contributed by atoms with E-state index in [-0.39, 0.29) is 6.03 Å². The molecule has 0 bridgehead atoms. The third-order valence-corrected chi connectivity index (χ3v) is 3.40. The van der Waals surface area contributed by atoms with Crippen molar-refractivity contribution in [3.8, 4) is 0 Å². The largest absolute Gasteiger partial charge is 0.337 e. The van der Waals surface area contributed by atoms with Crippen LogP contribution in [0.3, 0.4) is 0 Å². The summed E-state index contributed by atoms with van der Waals surface area (Å²) in [6.07, 6.45) is 6.48. The Kier molecular flexibility index (Phi) is 6.56. The van der Waals surface area contributed by atoms with E-state index in [9.17, 15) is 9.00 Å². The Bertz CT molecular complexity index is 375. The average molecular weight is 274 g/mol. The van der Waals surface area contributed by atoms with Crippen LogP contribution in [0.2, 0.25) is 0 Å². The van der Waals surface area contributed by atoms with Crippen LogP contribution in [-0.4, -0.2) is 38.8 Å². The second-order valence-electron chi connectivity index (χ2n) is 3.05. The van der Waals surface area contributed by atoms with Gasteiger partial charge in [0.25, 0.3) is 0 Å². The molecular weight excluding hydrogens is 260 g/mol. The molecule has 1 heterocycles. The van der Waals surface area contributed by atoms with Crippen LogP contribution in [0.15, 0.2) is 18.6 Å². The number of hydrogen-bond donors (Lipinski definition) is 2. The Labute approximate surface area is 107 Å². The van der Waals surface area contributed by atoms with E-state index in [0.717, 1.165) is 0 Å². The molecule has 2 N–H and O–H groups in total. The number of nitrogens with zero attached hydrogens (tertiary/aromatic N) is 2. The molecule has 1 aromatic heterocycles. The first-order chi connectivity index (χ1) is 8.22. The Morgan fingerprint density at radius 3 is 3.00 bits per heavy atom. The molecule has 0 saturated carbocycles. The van der Waals surface area contributed by atoms with Crippen LogP contribution in [0.1, 0.15) is 5.69 Å². The summed E-state index contributed by atoms with van der Waals surface area (Å²) < 4.78 is 14.1. The molecule has 0 aromatic carbocycles. The molecule has 0 aliphatic heterocycles. The van der Waals surface area contributed by atoms with Crippen LogP contribution in [-0.2, 0) is 16.6 Å². The molecule has 0 spiro atoms. The van der Waals surface area contributed by atoms with E-state index in [1.807, 2.05) is 0 Å². The molecule has 1 atom stereocenters. The molecule has 2 amide bonds. The number of nitrogens with one attached hydrogen (secondary N) is 2. The molecule has 0 fully saturated rings. The minimum atomic E-state index is -1.04. The van der Waals surface area contributed by atoms with Gasteiger partial charge in [-0.15, -0.1) is 0 Å². The highest BCUT2D eigenvalue weighted by molar-refractivity contribution is 7.97. The van der Waals surface area contributed by atoms with Crippen molar-refractivity contribution in [1.29, 1.82) is 0 Å². The molecule has 0 radical (unpaired) electrons. The van der Waals surface area contributed by atoms with Crippen LogP contribution in [0.4, 0.5) is 4.79 Å². The maximum absolute atomic E-state index is 11.6. The van der Waals surface area contributed by atoms with Crippen molar-refractivity contribution in [2.75, 3.05) is 18.6 Å². The summed E-state index contributed by atoms with van der Waals surface area (Å²) in [7, 11) is -1.04. The Morgan fingerprint density at radius 1 is 1.53 bits per heavy atom. The topological polar surface area (TPSA) is 84.0 Å². The molecule has 0 saturated heterocycles. The highest BCUT2D eigenvalue weighted by atomic mass is 32.2. The lowest BCUT2D eigenvalue weighted by Gasteiger charge is -2.04. The van der Waals surface area contributed by atoms with Crippen LogP contribution < -0.4 is 10.0 Å². The molecule has 1 unspecified atom stereocenters. The molecular formula is C9H14N4O2S2. The molecule has 8 heteroatoms. The molecule has 0 aliphatic rings. The number of urea groups is 1. The van der Waals surface area contributed by atoms with Gasteiger partial charge in [0.15, 0.2) is 0 Å². The average Bonchev–Trinajstić information content (AvgIpc) is 2.30. The molecule has 1 rings (SSSR count). The smallest absolute Gasteiger partial charge is 0.324 e. The maximum Gasteiger partial charge on any atom is 0.324 e. The Morgan fingerprint density at radius 2 is 2.35 bits per heavy atom. The summed E-state index contributed by atoms with van der Waals surface area (Å²) in [5.41, 5.74) is 0.694. The van der Waals surface area contributed by atoms with Gasteiger partial charge in [-0.2, -0.15) is 0 Å². The van der Waals surface area contributed by atoms with Crippen molar-refractivity contribution in [3.63, 3.8) is 0 Å². The second kappa shape index (κ2) is 8.02. The number of hydrogen-bond acceptors (Lipinski definition) is 5. The second-order valence-corrected chi connectivity index (χ2v) is 5.24. The van der Waals surface area contributed by atoms with Gasteiger partial charge in [-0.25, -0.2) is 4.79 Å². The van der Waals surface area contributed by atoms with Gasteiger partial charge in [-0.3, -0.25) is 18.9 Å². The lowest BCUT2D eigenvalue weighted by molar-refractivity contribution is 0.247. The van der Waals surface area contributed by atoms with Gasteiger partial charge >= 0.3 is 6.03 Å². The third kappa shape index (κ3) is 6.22. The van der Waals surface area contributed by atoms with Crippen molar-refractivity contribution >= 4 is 28.8 Å². The van der Waals surface area contributed by atoms with Crippen LogP contribution in [0.25, 0.3) is 0 Å². The zero-order chi connectivity index (χ0) is 12.5. The van der Waals surface area contributed by atoms with Crippen molar-refractivity contribution in [2.24, 2.45) is 0 Å². The number of aromatic nitrogens is 2. The monoisotopic (exact) mass is 274 g/mol. The van der Waals surface area contributed by atoms with E-state index >= 15 is 0 Å². The SMILES string of the molecule is CSNC(=O)NCCS(=O)Cc1cnccn1. The number of carbonyl (C=O) groups excluding carboxylic acids is 1. The number of carbonyl (C=O) groups is 1. The maximum atomic E-state index is 11.6. The fraction of sp³-hybridized carbons (Fsp3) is 0.444. The molecule has 17 heavy (non-hydrogen) atoms. The first kappa shape index (κ1) is 13.9. The summed E-state index contributed by atoms with van der Waals surface area (Å²) in [5.74, 6) is 0.762. The number of rotatable bonds is 6. The van der Waals surface area contributed by atoms with Crippen molar-refractivity contribution in [2.45, 2.75) is 5.75 Å². The normalized spacial score (nSPS) is 11.8. The molecule has 94 valence electrons. The fourth-order valence-corrected chi connectivity index (χ4v) is 2.26. The van der Waals surface area contributed by atoms with E-state index < -0.39 is 10.8 Å². The van der Waals surface area contributed by atoms with Gasteiger partial charge in [-0.05, 0) is 0 Å². The predicted octanol–water partition coefficient (Wildman–Crippen LogP) is 0.302. The van der Waals surface area contributed by atoms with E-state index in [0.29, 0.717) is 23.7 Å². The van der Waals surface area contributed by atoms with Crippen LogP contribution in [0, 0.1) is 0 Å². The molecule has 6 nitrogen and oxygen atoms in total. The zero-order valence-electron chi connectivity index (χ0n) is 9.38. The van der Waals surface area contributed by atoms with Crippen LogP contribution >= 0.6 is 11.9 Å². The Balaban J connectivity index is 2.20. The standard InChI is InChI=1S/C9H14N4O2S2/c1-16-13-9(14)12-4-5-17(15)7-8-6-10-2-3-11-8/h2-3,6H,4-5,7H2,1H3,(H2,12,13,14). The lowest BCUT2D eigenvalue weighted by Crippen LogP contribution is -2.34. The Hall–Kier alpha value is -1.15. The van der Waals surface area contributed by atoms with Gasteiger partial charge in [0.2, 0.25) is 0 Å². The minimum absolute atomic E-state index is 0.269. The summed E-state index contributed by atoms with van der Waals surface area (Å²) in [6, 6.07) is -0.269. The highest BCUT2D eigenvalue weighted by Gasteiger charge is 2.04. The summed E-state index contributed by atoms with van der Waals surface area (Å²) in [6.45, 7) is 0.374. The fourth-order valence-electron chi connectivity index (χ4n) is 1.05. The summed E-state index contributed by atoms with van der Waals surface area (Å²) >= 11 is 1.22. The highest BCUT2D eigenvalue weighted by Crippen LogP contribution is 1.96. The minimum Gasteiger partial charge on any atom is -0.337 e. The first-order valence-electron chi connectivity index (χ1n) is 4.89. The predicted molar refractivity (Wildman–Crippen MR) is 68.8 cm³/mol. The van der Waals surface area contributed by atoms with E-state index in [1.165, 1.54) is 11.9 Å². The van der Waals surface area contributed by atoms with Gasteiger partial charge < -0.3 is 5.32 Å². The quantitative estimate of drug-likeness (QED) is 0.729. The van der Waals surface area contributed by atoms with E-state index in [1.54, 1.807) is 24.8 Å².